The lowest BCUT2D eigenvalue weighted by Gasteiger charge is -2.43. The fourth-order valence-electron chi connectivity index (χ4n) is 3.60. The Labute approximate surface area is 126 Å². The number of morpholine rings is 1. The van der Waals surface area contributed by atoms with Crippen LogP contribution in [0, 0.1) is 6.92 Å². The van der Waals surface area contributed by atoms with E-state index in [9.17, 15) is 0 Å². The Morgan fingerprint density at radius 1 is 1.40 bits per heavy atom. The number of fused-ring (bicyclic) bond motifs is 1. The summed E-state index contributed by atoms with van der Waals surface area (Å²) in [7, 11) is 2.02. The highest BCUT2D eigenvalue weighted by Crippen LogP contribution is 2.31. The van der Waals surface area contributed by atoms with Gasteiger partial charge in [-0.05, 0) is 38.4 Å². The average Bonchev–Trinajstić information content (AvgIpc) is 2.80. The second-order valence-corrected chi connectivity index (χ2v) is 7.40. The zero-order valence-corrected chi connectivity index (χ0v) is 13.5. The number of aryl methyl sites for hydroxylation is 1. The van der Waals surface area contributed by atoms with E-state index in [1.165, 1.54) is 41.0 Å². The van der Waals surface area contributed by atoms with E-state index < -0.39 is 0 Å². The molecule has 1 saturated heterocycles. The van der Waals surface area contributed by atoms with Crippen LogP contribution in [0.1, 0.15) is 41.0 Å². The summed E-state index contributed by atoms with van der Waals surface area (Å²) in [6.45, 7) is 6.36. The maximum absolute atomic E-state index is 5.97. The van der Waals surface area contributed by atoms with E-state index in [0.717, 1.165) is 26.2 Å². The summed E-state index contributed by atoms with van der Waals surface area (Å²) in [5.41, 5.74) is 1.52. The van der Waals surface area contributed by atoms with Gasteiger partial charge in [-0.1, -0.05) is 12.8 Å². The zero-order chi connectivity index (χ0) is 13.9. The SMILES string of the molecule is CNCc1cc(CN2CCOC3CCCCC32)c(C)s1. The molecule has 2 atom stereocenters. The normalized spacial score (nSPS) is 27.5. The van der Waals surface area contributed by atoms with Crippen LogP contribution in [0.25, 0.3) is 0 Å². The molecular weight excluding hydrogens is 268 g/mol. The number of nitrogens with zero attached hydrogens (tertiary/aromatic N) is 1. The first kappa shape index (κ1) is 14.5. The van der Waals surface area contributed by atoms with Crippen LogP contribution < -0.4 is 5.32 Å². The number of rotatable bonds is 4. The summed E-state index contributed by atoms with van der Waals surface area (Å²) in [5.74, 6) is 0. The van der Waals surface area contributed by atoms with Crippen LogP contribution in [-0.2, 0) is 17.8 Å². The van der Waals surface area contributed by atoms with Crippen LogP contribution in [0.4, 0.5) is 0 Å². The molecule has 0 spiro atoms. The first-order valence-electron chi connectivity index (χ1n) is 7.86. The van der Waals surface area contributed by atoms with Gasteiger partial charge in [-0.2, -0.15) is 0 Å². The highest BCUT2D eigenvalue weighted by atomic mass is 32.1. The van der Waals surface area contributed by atoms with E-state index in [1.807, 2.05) is 18.4 Å². The van der Waals surface area contributed by atoms with Crippen molar-refractivity contribution in [1.29, 1.82) is 0 Å². The van der Waals surface area contributed by atoms with Gasteiger partial charge in [-0.25, -0.2) is 0 Å². The minimum Gasteiger partial charge on any atom is -0.375 e. The maximum atomic E-state index is 5.97. The molecule has 1 aliphatic carbocycles. The quantitative estimate of drug-likeness (QED) is 0.924. The molecule has 2 aliphatic rings. The topological polar surface area (TPSA) is 24.5 Å². The molecular formula is C16H26N2OS. The Hall–Kier alpha value is -0.420. The van der Waals surface area contributed by atoms with Crippen LogP contribution in [0.15, 0.2) is 6.07 Å². The zero-order valence-electron chi connectivity index (χ0n) is 12.7. The lowest BCUT2D eigenvalue weighted by Crippen LogP contribution is -2.52. The van der Waals surface area contributed by atoms with Crippen molar-refractivity contribution in [3.8, 4) is 0 Å². The van der Waals surface area contributed by atoms with Crippen LogP contribution in [-0.4, -0.2) is 37.2 Å². The van der Waals surface area contributed by atoms with Crippen molar-refractivity contribution in [3.05, 3.63) is 21.4 Å². The maximum Gasteiger partial charge on any atom is 0.0731 e. The molecule has 1 saturated carbocycles. The highest BCUT2D eigenvalue weighted by Gasteiger charge is 2.34. The van der Waals surface area contributed by atoms with Crippen LogP contribution >= 0.6 is 11.3 Å². The summed E-state index contributed by atoms with van der Waals surface area (Å²) >= 11 is 1.94. The number of nitrogens with one attached hydrogen (secondary N) is 1. The molecule has 2 fully saturated rings. The van der Waals surface area contributed by atoms with Crippen molar-refractivity contribution < 1.29 is 4.74 Å². The van der Waals surface area contributed by atoms with Crippen molar-refractivity contribution >= 4 is 11.3 Å². The monoisotopic (exact) mass is 294 g/mol. The fourth-order valence-corrected chi connectivity index (χ4v) is 4.66. The molecule has 1 aromatic rings. The molecule has 2 heterocycles. The lowest BCUT2D eigenvalue weighted by atomic mass is 9.90. The number of thiophene rings is 1. The molecule has 2 unspecified atom stereocenters. The van der Waals surface area contributed by atoms with Gasteiger partial charge in [0.2, 0.25) is 0 Å². The number of hydrogen-bond donors (Lipinski definition) is 1. The first-order chi connectivity index (χ1) is 9.78. The van der Waals surface area contributed by atoms with Crippen molar-refractivity contribution in [2.45, 2.75) is 57.8 Å². The number of hydrogen-bond acceptors (Lipinski definition) is 4. The van der Waals surface area contributed by atoms with E-state index in [0.29, 0.717) is 12.1 Å². The average molecular weight is 294 g/mol. The molecule has 20 heavy (non-hydrogen) atoms. The van der Waals surface area contributed by atoms with Crippen LogP contribution in [0.2, 0.25) is 0 Å². The fraction of sp³-hybridized carbons (Fsp3) is 0.750. The van der Waals surface area contributed by atoms with Crippen molar-refractivity contribution in [1.82, 2.24) is 10.2 Å². The third-order valence-corrected chi connectivity index (χ3v) is 5.74. The molecule has 3 rings (SSSR count). The second-order valence-electron chi connectivity index (χ2n) is 6.06. The van der Waals surface area contributed by atoms with Crippen molar-refractivity contribution in [2.24, 2.45) is 0 Å². The summed E-state index contributed by atoms with van der Waals surface area (Å²) in [6.07, 6.45) is 5.78. The van der Waals surface area contributed by atoms with E-state index in [1.54, 1.807) is 0 Å². The van der Waals surface area contributed by atoms with Gasteiger partial charge >= 0.3 is 0 Å². The van der Waals surface area contributed by atoms with Gasteiger partial charge in [-0.3, -0.25) is 4.90 Å². The summed E-state index contributed by atoms with van der Waals surface area (Å²) in [5, 5.41) is 3.25. The molecule has 3 nitrogen and oxygen atoms in total. The molecule has 0 bridgehead atoms. The Morgan fingerprint density at radius 3 is 3.10 bits per heavy atom. The largest absolute Gasteiger partial charge is 0.375 e. The molecule has 112 valence electrons. The number of ether oxygens (including phenoxy) is 1. The van der Waals surface area contributed by atoms with Gasteiger partial charge in [0, 0.05) is 35.4 Å². The lowest BCUT2D eigenvalue weighted by molar-refractivity contribution is -0.0911. The van der Waals surface area contributed by atoms with E-state index in [-0.39, 0.29) is 0 Å². The Bertz CT molecular complexity index is 444. The van der Waals surface area contributed by atoms with Crippen molar-refractivity contribution in [2.75, 3.05) is 20.2 Å². The molecule has 1 aromatic heterocycles. The summed E-state index contributed by atoms with van der Waals surface area (Å²) in [6, 6.07) is 3.05. The van der Waals surface area contributed by atoms with Gasteiger partial charge < -0.3 is 10.1 Å². The van der Waals surface area contributed by atoms with E-state index in [4.69, 9.17) is 4.74 Å². The minimum atomic E-state index is 0.494. The van der Waals surface area contributed by atoms with Gasteiger partial charge in [0.05, 0.1) is 12.7 Å². The third kappa shape index (κ3) is 3.08. The standard InChI is InChI=1S/C16H26N2OS/c1-12-13(9-14(20-12)10-17-2)11-18-7-8-19-16-6-4-3-5-15(16)18/h9,15-17H,3-8,10-11H2,1-2H3. The highest BCUT2D eigenvalue weighted by molar-refractivity contribution is 7.12. The molecule has 4 heteroatoms. The smallest absolute Gasteiger partial charge is 0.0731 e. The van der Waals surface area contributed by atoms with Gasteiger partial charge in [-0.15, -0.1) is 11.3 Å². The third-order valence-electron chi connectivity index (χ3n) is 4.64. The van der Waals surface area contributed by atoms with Crippen LogP contribution in [0.5, 0.6) is 0 Å². The molecule has 0 radical (unpaired) electrons. The predicted octanol–water partition coefficient (Wildman–Crippen LogP) is 2.92. The Balaban J connectivity index is 1.69. The summed E-state index contributed by atoms with van der Waals surface area (Å²) < 4.78 is 5.97. The molecule has 1 aliphatic heterocycles. The second kappa shape index (κ2) is 6.56. The first-order valence-corrected chi connectivity index (χ1v) is 8.68. The van der Waals surface area contributed by atoms with Crippen LogP contribution in [0.3, 0.4) is 0 Å². The van der Waals surface area contributed by atoms with Gasteiger partial charge in [0.15, 0.2) is 0 Å². The minimum absolute atomic E-state index is 0.494. The Morgan fingerprint density at radius 2 is 2.25 bits per heavy atom. The predicted molar refractivity (Wildman–Crippen MR) is 84.2 cm³/mol. The van der Waals surface area contributed by atoms with Gasteiger partial charge in [0.1, 0.15) is 0 Å². The van der Waals surface area contributed by atoms with E-state index in [2.05, 4.69) is 23.2 Å². The van der Waals surface area contributed by atoms with E-state index >= 15 is 0 Å². The molecule has 0 aromatic carbocycles. The Kier molecular flexibility index (Phi) is 4.76. The molecule has 0 amide bonds. The van der Waals surface area contributed by atoms with Gasteiger partial charge in [0.25, 0.3) is 0 Å². The molecule has 1 N–H and O–H groups in total. The van der Waals surface area contributed by atoms with Crippen molar-refractivity contribution in [3.63, 3.8) is 0 Å². The summed E-state index contributed by atoms with van der Waals surface area (Å²) in [4.78, 5) is 5.61.